The van der Waals surface area contributed by atoms with Gasteiger partial charge in [0.2, 0.25) is 0 Å². The second kappa shape index (κ2) is 5.21. The maximum Gasteiger partial charge on any atom is 0.155 e. The number of fused-ring (bicyclic) bond motifs is 5. The van der Waals surface area contributed by atoms with E-state index in [4.69, 9.17) is 11.2 Å². The summed E-state index contributed by atoms with van der Waals surface area (Å²) in [5.41, 5.74) is 1.23. The van der Waals surface area contributed by atoms with Gasteiger partial charge in [0.25, 0.3) is 0 Å². The van der Waals surface area contributed by atoms with E-state index < -0.39 is 0 Å². The van der Waals surface area contributed by atoms with Crippen LogP contribution in [-0.4, -0.2) is 18.5 Å². The molecule has 0 aliphatic heterocycles. The number of hydrogen-bond acceptors (Lipinski definition) is 2. The Kier molecular flexibility index (Phi) is 3.50. The van der Waals surface area contributed by atoms with Crippen molar-refractivity contribution in [2.75, 3.05) is 7.11 Å². The maximum atomic E-state index is 11.8. The summed E-state index contributed by atoms with van der Waals surface area (Å²) in [7, 11) is 1.80. The van der Waals surface area contributed by atoms with Crippen LogP contribution in [0.3, 0.4) is 0 Å². The zero-order chi connectivity index (χ0) is 16.2. The first-order valence-corrected chi connectivity index (χ1v) is 9.31. The van der Waals surface area contributed by atoms with Gasteiger partial charge in [-0.25, -0.2) is 0 Å². The summed E-state index contributed by atoms with van der Waals surface area (Å²) in [4.78, 5) is 11.8. The molecule has 4 aliphatic rings. The van der Waals surface area contributed by atoms with Crippen LogP contribution in [0.25, 0.3) is 0 Å². The number of methoxy groups -OCH3 is 1. The third kappa shape index (κ3) is 1.96. The number of ketones is 1. The third-order valence-corrected chi connectivity index (χ3v) is 8.00. The highest BCUT2D eigenvalue weighted by Gasteiger charge is 2.62. The van der Waals surface area contributed by atoms with Crippen LogP contribution in [0.15, 0.2) is 11.6 Å². The van der Waals surface area contributed by atoms with Gasteiger partial charge < -0.3 is 4.74 Å². The molecule has 0 aromatic rings. The molecule has 0 bridgehead atoms. The maximum absolute atomic E-state index is 11.8. The van der Waals surface area contributed by atoms with Crippen LogP contribution in [0.1, 0.15) is 58.3 Å². The van der Waals surface area contributed by atoms with Crippen LogP contribution < -0.4 is 0 Å². The lowest BCUT2D eigenvalue weighted by molar-refractivity contribution is -0.117. The van der Waals surface area contributed by atoms with E-state index in [-0.39, 0.29) is 11.0 Å². The molecule has 0 amide bonds. The van der Waals surface area contributed by atoms with Crippen molar-refractivity contribution < 1.29 is 9.53 Å². The molecule has 0 saturated heterocycles. The van der Waals surface area contributed by atoms with Crippen LogP contribution >= 0.6 is 0 Å². The summed E-state index contributed by atoms with van der Waals surface area (Å²) in [6, 6.07) is 0. The van der Waals surface area contributed by atoms with Crippen molar-refractivity contribution in [1.82, 2.24) is 0 Å². The number of ether oxygens (including phenoxy) is 1. The van der Waals surface area contributed by atoms with E-state index in [1.165, 1.54) is 31.3 Å². The van der Waals surface area contributed by atoms with Gasteiger partial charge in [-0.15, -0.1) is 6.42 Å². The Morgan fingerprint density at radius 2 is 2.00 bits per heavy atom. The zero-order valence-corrected chi connectivity index (χ0v) is 14.4. The second-order valence-corrected chi connectivity index (χ2v) is 8.47. The summed E-state index contributed by atoms with van der Waals surface area (Å²) in [6.07, 6.45) is 16.8. The standard InChI is InChI=1S/C21H28O2/c1-4-21(23-3)12-10-19-18-7-5-14-13-15(22)6-8-16(14)17(18)9-11-20(19,21)2/h1,13,16-19H,5-12H2,2-3H3/t16-,17+,18+,19-,20-,21-/m0/s1. The smallest absolute Gasteiger partial charge is 0.155 e. The van der Waals surface area contributed by atoms with Gasteiger partial charge in [-0.1, -0.05) is 18.4 Å². The summed E-state index contributed by atoms with van der Waals surface area (Å²) in [5, 5.41) is 0. The normalized spacial score (nSPS) is 48.7. The number of terminal acetylenes is 1. The Hall–Kier alpha value is -1.07. The van der Waals surface area contributed by atoms with Gasteiger partial charge in [-0.2, -0.15) is 0 Å². The van der Waals surface area contributed by atoms with Crippen molar-refractivity contribution in [1.29, 1.82) is 0 Å². The van der Waals surface area contributed by atoms with Crippen LogP contribution in [0.5, 0.6) is 0 Å². The zero-order valence-electron chi connectivity index (χ0n) is 14.4. The van der Waals surface area contributed by atoms with Crippen molar-refractivity contribution in [3.8, 4) is 12.3 Å². The fourth-order valence-corrected chi connectivity index (χ4v) is 6.81. The molecule has 23 heavy (non-hydrogen) atoms. The van der Waals surface area contributed by atoms with E-state index >= 15 is 0 Å². The van der Waals surface area contributed by atoms with Crippen molar-refractivity contribution in [3.63, 3.8) is 0 Å². The predicted octanol–water partition coefficient (Wildman–Crippen LogP) is 4.15. The average molecular weight is 312 g/mol. The molecule has 124 valence electrons. The number of carbonyl (C=O) groups is 1. The molecule has 0 unspecified atom stereocenters. The number of rotatable bonds is 1. The first-order chi connectivity index (χ1) is 11.0. The van der Waals surface area contributed by atoms with E-state index in [0.717, 1.165) is 37.5 Å². The Bertz CT molecular complexity index is 597. The Labute approximate surface area is 140 Å². The van der Waals surface area contributed by atoms with Crippen molar-refractivity contribution >= 4 is 5.78 Å². The van der Waals surface area contributed by atoms with E-state index in [1.54, 1.807) is 7.11 Å². The van der Waals surface area contributed by atoms with Crippen LogP contribution in [-0.2, 0) is 9.53 Å². The minimum absolute atomic E-state index is 0.128. The highest BCUT2D eigenvalue weighted by Crippen LogP contribution is 2.65. The Balaban J connectivity index is 1.65. The average Bonchev–Trinajstić information content (AvgIpc) is 2.87. The number of hydrogen-bond donors (Lipinski definition) is 0. The molecular weight excluding hydrogens is 284 g/mol. The summed E-state index contributed by atoms with van der Waals surface area (Å²) < 4.78 is 5.93. The summed E-state index contributed by atoms with van der Waals surface area (Å²) >= 11 is 0. The second-order valence-electron chi connectivity index (χ2n) is 8.47. The lowest BCUT2D eigenvalue weighted by atomic mass is 9.50. The van der Waals surface area contributed by atoms with E-state index in [2.05, 4.69) is 12.8 Å². The van der Waals surface area contributed by atoms with Crippen molar-refractivity contribution in [2.24, 2.45) is 29.1 Å². The SMILES string of the molecule is C#C[C@]1(OC)CC[C@H]2[C@@H]3CCC4=CC(=O)CC[C@@H]4[C@H]3CC[C@@]21C. The molecule has 6 atom stereocenters. The number of carbonyl (C=O) groups excluding carboxylic acids is 1. The van der Waals surface area contributed by atoms with Crippen molar-refractivity contribution in [2.45, 2.75) is 63.9 Å². The van der Waals surface area contributed by atoms with Gasteiger partial charge in [0, 0.05) is 18.9 Å². The van der Waals surface area contributed by atoms with E-state index in [1.807, 2.05) is 6.08 Å². The molecule has 0 N–H and O–H groups in total. The predicted molar refractivity (Wildman–Crippen MR) is 90.7 cm³/mol. The summed E-state index contributed by atoms with van der Waals surface area (Å²) in [6.45, 7) is 2.39. The topological polar surface area (TPSA) is 26.3 Å². The molecule has 0 aromatic carbocycles. The molecule has 2 nitrogen and oxygen atoms in total. The third-order valence-electron chi connectivity index (χ3n) is 8.00. The van der Waals surface area contributed by atoms with Crippen LogP contribution in [0, 0.1) is 41.4 Å². The molecule has 0 aromatic heterocycles. The van der Waals surface area contributed by atoms with Gasteiger partial charge in [-0.05, 0) is 74.7 Å². The molecule has 0 radical (unpaired) electrons. The van der Waals surface area contributed by atoms with Gasteiger partial charge in [0.05, 0.1) is 0 Å². The molecule has 3 fully saturated rings. The minimum Gasteiger partial charge on any atom is -0.365 e. The fourth-order valence-electron chi connectivity index (χ4n) is 6.81. The van der Waals surface area contributed by atoms with E-state index in [0.29, 0.717) is 17.6 Å². The van der Waals surface area contributed by atoms with Gasteiger partial charge in [0.15, 0.2) is 5.78 Å². The Morgan fingerprint density at radius 1 is 1.17 bits per heavy atom. The van der Waals surface area contributed by atoms with Crippen molar-refractivity contribution in [3.05, 3.63) is 11.6 Å². The lowest BCUT2D eigenvalue weighted by Gasteiger charge is -2.55. The molecular formula is C21H28O2. The first kappa shape index (κ1) is 15.5. The molecule has 0 spiro atoms. The quantitative estimate of drug-likeness (QED) is 0.680. The fraction of sp³-hybridized carbons (Fsp3) is 0.762. The molecule has 4 rings (SSSR count). The van der Waals surface area contributed by atoms with Crippen LogP contribution in [0.4, 0.5) is 0 Å². The van der Waals surface area contributed by atoms with Crippen LogP contribution in [0.2, 0.25) is 0 Å². The number of allylic oxidation sites excluding steroid dienone is 1. The summed E-state index contributed by atoms with van der Waals surface area (Å²) in [5.74, 6) is 6.30. The Morgan fingerprint density at radius 3 is 2.74 bits per heavy atom. The minimum atomic E-state index is -0.360. The first-order valence-electron chi connectivity index (χ1n) is 9.31. The monoisotopic (exact) mass is 312 g/mol. The van der Waals surface area contributed by atoms with Gasteiger partial charge in [0.1, 0.15) is 5.60 Å². The highest BCUT2D eigenvalue weighted by molar-refractivity contribution is 5.91. The molecule has 3 saturated carbocycles. The van der Waals surface area contributed by atoms with Gasteiger partial charge in [-0.3, -0.25) is 4.79 Å². The van der Waals surface area contributed by atoms with Gasteiger partial charge >= 0.3 is 0 Å². The van der Waals surface area contributed by atoms with E-state index in [9.17, 15) is 4.79 Å². The molecule has 0 heterocycles. The lowest BCUT2D eigenvalue weighted by Crippen LogP contribution is -2.52. The molecule has 4 aliphatic carbocycles. The highest BCUT2D eigenvalue weighted by atomic mass is 16.5. The largest absolute Gasteiger partial charge is 0.365 e. The molecule has 2 heteroatoms.